The van der Waals surface area contributed by atoms with Crippen molar-refractivity contribution in [2.24, 2.45) is 4.99 Å². The van der Waals surface area contributed by atoms with Crippen molar-refractivity contribution in [3.63, 3.8) is 0 Å². The Morgan fingerprint density at radius 2 is 2.38 bits per heavy atom. The maximum atomic E-state index is 11.5. The van der Waals surface area contributed by atoms with Crippen LogP contribution in [0, 0.1) is 0 Å². The van der Waals surface area contributed by atoms with Gasteiger partial charge in [-0.15, -0.1) is 0 Å². The van der Waals surface area contributed by atoms with Crippen molar-refractivity contribution in [2.45, 2.75) is 13.0 Å². The SMILES string of the molecule is C[C@@H](C(=O)NC1=NCCS1)N(C)C. The van der Waals surface area contributed by atoms with Crippen molar-refractivity contribution < 1.29 is 4.79 Å². The van der Waals surface area contributed by atoms with Crippen LogP contribution in [0.3, 0.4) is 0 Å². The Bertz CT molecular complexity index is 227. The number of carbonyl (C=O) groups is 1. The Morgan fingerprint density at radius 1 is 1.69 bits per heavy atom. The number of rotatable bonds is 2. The van der Waals surface area contributed by atoms with E-state index in [1.807, 2.05) is 25.9 Å². The van der Waals surface area contributed by atoms with Crippen LogP contribution in [-0.4, -0.2) is 48.4 Å². The van der Waals surface area contributed by atoms with E-state index in [1.54, 1.807) is 11.8 Å². The van der Waals surface area contributed by atoms with Gasteiger partial charge in [0.25, 0.3) is 0 Å². The van der Waals surface area contributed by atoms with Crippen molar-refractivity contribution in [3.8, 4) is 0 Å². The first-order valence-corrected chi connectivity index (χ1v) is 5.24. The summed E-state index contributed by atoms with van der Waals surface area (Å²) < 4.78 is 0. The minimum atomic E-state index is -0.108. The highest BCUT2D eigenvalue weighted by atomic mass is 32.2. The molecule has 0 aromatic rings. The first-order chi connectivity index (χ1) is 6.11. The fraction of sp³-hybridized carbons (Fsp3) is 0.750. The van der Waals surface area contributed by atoms with Gasteiger partial charge in [0.1, 0.15) is 0 Å². The van der Waals surface area contributed by atoms with Crippen LogP contribution in [0.1, 0.15) is 6.92 Å². The number of nitrogens with one attached hydrogen (secondary N) is 1. The molecule has 4 nitrogen and oxygen atoms in total. The van der Waals surface area contributed by atoms with Gasteiger partial charge in [0.05, 0.1) is 12.6 Å². The molecule has 1 amide bonds. The van der Waals surface area contributed by atoms with E-state index in [9.17, 15) is 4.79 Å². The minimum absolute atomic E-state index is 0.0122. The number of amides is 1. The van der Waals surface area contributed by atoms with E-state index in [4.69, 9.17) is 0 Å². The molecule has 13 heavy (non-hydrogen) atoms. The van der Waals surface area contributed by atoms with E-state index in [0.717, 1.165) is 17.5 Å². The van der Waals surface area contributed by atoms with Crippen LogP contribution in [0.2, 0.25) is 0 Å². The van der Waals surface area contributed by atoms with Gasteiger partial charge in [0, 0.05) is 5.75 Å². The smallest absolute Gasteiger partial charge is 0.242 e. The van der Waals surface area contributed by atoms with Crippen molar-refractivity contribution in [1.29, 1.82) is 0 Å². The van der Waals surface area contributed by atoms with Crippen LogP contribution in [0.4, 0.5) is 0 Å². The first-order valence-electron chi connectivity index (χ1n) is 4.26. The molecule has 0 saturated carbocycles. The van der Waals surface area contributed by atoms with Crippen LogP contribution < -0.4 is 5.32 Å². The molecular weight excluding hydrogens is 186 g/mol. The summed E-state index contributed by atoms with van der Waals surface area (Å²) >= 11 is 1.60. The van der Waals surface area contributed by atoms with Gasteiger partial charge in [-0.2, -0.15) is 0 Å². The maximum absolute atomic E-state index is 11.5. The van der Waals surface area contributed by atoms with E-state index in [1.165, 1.54) is 0 Å². The van der Waals surface area contributed by atoms with E-state index < -0.39 is 0 Å². The highest BCUT2D eigenvalue weighted by Gasteiger charge is 2.17. The monoisotopic (exact) mass is 201 g/mol. The zero-order valence-electron chi connectivity index (χ0n) is 8.20. The van der Waals surface area contributed by atoms with Crippen molar-refractivity contribution in [3.05, 3.63) is 0 Å². The maximum Gasteiger partial charge on any atom is 0.242 e. The highest BCUT2D eigenvalue weighted by Crippen LogP contribution is 2.09. The second-order valence-corrected chi connectivity index (χ2v) is 4.25. The first kappa shape index (κ1) is 10.5. The molecule has 0 aromatic heterocycles. The molecule has 0 bridgehead atoms. The minimum Gasteiger partial charge on any atom is -0.304 e. The standard InChI is InChI=1S/C8H15N3OS/c1-6(11(2)3)7(12)10-8-9-4-5-13-8/h6H,4-5H2,1-3H3,(H,9,10,12)/t6-/m0/s1. The van der Waals surface area contributed by atoms with E-state index in [2.05, 4.69) is 10.3 Å². The van der Waals surface area contributed by atoms with Gasteiger partial charge in [0.2, 0.25) is 5.91 Å². The van der Waals surface area contributed by atoms with Crippen LogP contribution in [0.25, 0.3) is 0 Å². The topological polar surface area (TPSA) is 44.7 Å². The summed E-state index contributed by atoms with van der Waals surface area (Å²) in [5.41, 5.74) is 0. The summed E-state index contributed by atoms with van der Waals surface area (Å²) in [7, 11) is 3.77. The molecule has 1 aliphatic heterocycles. The number of carbonyl (C=O) groups excluding carboxylic acids is 1. The molecular formula is C8H15N3OS. The number of likely N-dealkylation sites (N-methyl/N-ethyl adjacent to an activating group) is 1. The van der Waals surface area contributed by atoms with Crippen molar-refractivity contribution in [2.75, 3.05) is 26.4 Å². The largest absolute Gasteiger partial charge is 0.304 e. The Kier molecular flexibility index (Phi) is 3.74. The van der Waals surface area contributed by atoms with Crippen molar-refractivity contribution in [1.82, 2.24) is 10.2 Å². The van der Waals surface area contributed by atoms with E-state index in [0.29, 0.717) is 0 Å². The lowest BCUT2D eigenvalue weighted by atomic mass is 10.3. The summed E-state index contributed by atoms with van der Waals surface area (Å²) in [6.45, 7) is 2.69. The van der Waals surface area contributed by atoms with Gasteiger partial charge < -0.3 is 5.32 Å². The molecule has 0 aliphatic carbocycles. The Hall–Kier alpha value is -0.550. The number of aliphatic imine (C=N–C) groups is 1. The van der Waals surface area contributed by atoms with Gasteiger partial charge >= 0.3 is 0 Å². The van der Waals surface area contributed by atoms with Crippen molar-refractivity contribution >= 4 is 22.8 Å². The average molecular weight is 201 g/mol. The number of thioether (sulfide) groups is 1. The fourth-order valence-electron chi connectivity index (χ4n) is 0.855. The molecule has 0 unspecified atom stereocenters. The lowest BCUT2D eigenvalue weighted by molar-refractivity contribution is -0.123. The molecule has 5 heteroatoms. The molecule has 1 rings (SSSR count). The van der Waals surface area contributed by atoms with Crippen LogP contribution in [0.15, 0.2) is 4.99 Å². The third kappa shape index (κ3) is 3.00. The second-order valence-electron chi connectivity index (χ2n) is 3.16. The molecule has 1 N–H and O–H groups in total. The van der Waals surface area contributed by atoms with Gasteiger partial charge in [-0.1, -0.05) is 11.8 Å². The Balaban J connectivity index is 2.40. The van der Waals surface area contributed by atoms with Gasteiger partial charge in [-0.25, -0.2) is 0 Å². The molecule has 0 fully saturated rings. The van der Waals surface area contributed by atoms with Gasteiger partial charge in [-0.3, -0.25) is 14.7 Å². The molecule has 1 atom stereocenters. The van der Waals surface area contributed by atoms with Gasteiger partial charge in [-0.05, 0) is 21.0 Å². The number of amidine groups is 1. The quantitative estimate of drug-likeness (QED) is 0.692. The van der Waals surface area contributed by atoms with Crippen LogP contribution in [-0.2, 0) is 4.79 Å². The number of nitrogens with zero attached hydrogens (tertiary/aromatic N) is 2. The molecule has 1 aliphatic rings. The van der Waals surface area contributed by atoms with E-state index in [-0.39, 0.29) is 11.9 Å². The predicted octanol–water partition coefficient (Wildman–Crippen LogP) is 0.155. The summed E-state index contributed by atoms with van der Waals surface area (Å²) in [6.07, 6.45) is 0. The summed E-state index contributed by atoms with van der Waals surface area (Å²) in [4.78, 5) is 17.5. The van der Waals surface area contributed by atoms with Crippen LogP contribution in [0.5, 0.6) is 0 Å². The molecule has 0 spiro atoms. The summed E-state index contributed by atoms with van der Waals surface area (Å²) in [6, 6.07) is -0.108. The lowest BCUT2D eigenvalue weighted by Crippen LogP contribution is -2.42. The third-order valence-electron chi connectivity index (χ3n) is 1.97. The number of hydrogen-bond donors (Lipinski definition) is 1. The average Bonchev–Trinajstić information content (AvgIpc) is 2.55. The molecule has 0 saturated heterocycles. The summed E-state index contributed by atoms with van der Waals surface area (Å²) in [5.74, 6) is 0.990. The third-order valence-corrected chi connectivity index (χ3v) is 2.86. The predicted molar refractivity (Wildman–Crippen MR) is 56.1 cm³/mol. The molecule has 1 heterocycles. The second kappa shape index (κ2) is 4.62. The summed E-state index contributed by atoms with van der Waals surface area (Å²) in [5, 5.41) is 3.56. The molecule has 74 valence electrons. The number of hydrogen-bond acceptors (Lipinski definition) is 4. The Morgan fingerprint density at radius 3 is 2.85 bits per heavy atom. The van der Waals surface area contributed by atoms with Gasteiger partial charge in [0.15, 0.2) is 5.17 Å². The lowest BCUT2D eigenvalue weighted by Gasteiger charge is -2.18. The van der Waals surface area contributed by atoms with E-state index >= 15 is 0 Å². The normalized spacial score (nSPS) is 18.6. The fourth-order valence-corrected chi connectivity index (χ4v) is 1.59. The zero-order chi connectivity index (χ0) is 9.84. The zero-order valence-corrected chi connectivity index (χ0v) is 9.02. The molecule has 0 aromatic carbocycles. The Labute approximate surface area is 82.8 Å². The van der Waals surface area contributed by atoms with Crippen LogP contribution >= 0.6 is 11.8 Å². The highest BCUT2D eigenvalue weighted by molar-refractivity contribution is 8.14. The molecule has 0 radical (unpaired) electrons.